The number of rotatable bonds is 8. The van der Waals surface area contributed by atoms with Gasteiger partial charge in [0, 0.05) is 12.3 Å². The highest BCUT2D eigenvalue weighted by Crippen LogP contribution is 2.39. The van der Waals surface area contributed by atoms with Gasteiger partial charge in [-0.05, 0) is 36.2 Å². The molecule has 0 radical (unpaired) electrons. The number of ether oxygens (including phenoxy) is 3. The molecule has 2 rings (SSSR count). The maximum atomic E-state index is 5.72. The molecule has 0 bridgehead atoms. The van der Waals surface area contributed by atoms with Gasteiger partial charge in [0.1, 0.15) is 17.2 Å². The zero-order valence-electron chi connectivity index (χ0n) is 16.0. The first-order valence-electron chi connectivity index (χ1n) is 8.72. The molecular formula is C19H27N3O3S. The summed E-state index contributed by atoms with van der Waals surface area (Å²) in [7, 11) is 4.85. The van der Waals surface area contributed by atoms with Crippen molar-refractivity contribution in [1.82, 2.24) is 9.78 Å². The maximum absolute atomic E-state index is 5.72. The van der Waals surface area contributed by atoms with Gasteiger partial charge in [-0.1, -0.05) is 32.8 Å². The fourth-order valence-corrected chi connectivity index (χ4v) is 3.08. The van der Waals surface area contributed by atoms with Crippen LogP contribution in [0, 0.1) is 5.92 Å². The summed E-state index contributed by atoms with van der Waals surface area (Å²) in [4.78, 5) is 0. The number of anilines is 1. The Morgan fingerprint density at radius 2 is 1.85 bits per heavy atom. The fraction of sp³-hybridized carbons (Fsp3) is 0.474. The van der Waals surface area contributed by atoms with Crippen LogP contribution in [0.2, 0.25) is 0 Å². The Balaban J connectivity index is 2.36. The van der Waals surface area contributed by atoms with Crippen LogP contribution in [0.25, 0.3) is 0 Å². The molecule has 0 fully saturated rings. The molecule has 0 aliphatic heterocycles. The van der Waals surface area contributed by atoms with E-state index in [0.29, 0.717) is 28.3 Å². The Morgan fingerprint density at radius 3 is 2.38 bits per heavy atom. The van der Waals surface area contributed by atoms with Crippen molar-refractivity contribution < 1.29 is 14.2 Å². The van der Waals surface area contributed by atoms with E-state index in [-0.39, 0.29) is 0 Å². The van der Waals surface area contributed by atoms with Crippen molar-refractivity contribution in [3.8, 4) is 17.4 Å². The van der Waals surface area contributed by atoms with Crippen LogP contribution in [0.3, 0.4) is 0 Å². The third-order valence-electron chi connectivity index (χ3n) is 4.50. The molecule has 1 N–H and O–H groups in total. The largest absolute Gasteiger partial charge is 0.494 e. The van der Waals surface area contributed by atoms with E-state index in [9.17, 15) is 0 Å². The van der Waals surface area contributed by atoms with Crippen LogP contribution in [0.1, 0.15) is 32.3 Å². The predicted molar refractivity (Wildman–Crippen MR) is 108 cm³/mol. The monoisotopic (exact) mass is 377 g/mol. The van der Waals surface area contributed by atoms with E-state index in [1.165, 1.54) is 0 Å². The van der Waals surface area contributed by atoms with Gasteiger partial charge in [0.15, 0.2) is 5.11 Å². The minimum atomic E-state index is 0.407. The van der Waals surface area contributed by atoms with Gasteiger partial charge in [-0.3, -0.25) is 0 Å². The molecule has 0 saturated carbocycles. The van der Waals surface area contributed by atoms with E-state index >= 15 is 0 Å². The van der Waals surface area contributed by atoms with Gasteiger partial charge < -0.3 is 19.5 Å². The SMILES string of the molecule is CCC(CC)Cc1ccc(OC)c(NC(=S)n2ccc(OC)n2)c1OC. The molecule has 0 unspecified atom stereocenters. The van der Waals surface area contributed by atoms with Crippen molar-refractivity contribution in [1.29, 1.82) is 0 Å². The minimum absolute atomic E-state index is 0.407. The Labute approximate surface area is 160 Å². The molecule has 1 aromatic heterocycles. The summed E-state index contributed by atoms with van der Waals surface area (Å²) in [5.41, 5.74) is 1.84. The lowest BCUT2D eigenvalue weighted by Crippen LogP contribution is -2.21. The Hall–Kier alpha value is -2.28. The molecule has 1 heterocycles. The number of hydrogen-bond donors (Lipinski definition) is 1. The maximum Gasteiger partial charge on any atom is 0.232 e. The van der Waals surface area contributed by atoms with Crippen molar-refractivity contribution in [2.24, 2.45) is 5.92 Å². The van der Waals surface area contributed by atoms with Gasteiger partial charge in [-0.15, -0.1) is 5.10 Å². The second-order valence-electron chi connectivity index (χ2n) is 5.95. The van der Waals surface area contributed by atoms with E-state index in [0.717, 1.165) is 30.6 Å². The van der Waals surface area contributed by atoms with Crippen molar-refractivity contribution in [2.45, 2.75) is 33.1 Å². The lowest BCUT2D eigenvalue weighted by molar-refractivity contribution is 0.389. The Morgan fingerprint density at radius 1 is 1.12 bits per heavy atom. The Kier molecular flexibility index (Phi) is 7.26. The van der Waals surface area contributed by atoms with E-state index in [2.05, 4.69) is 30.3 Å². The second-order valence-corrected chi connectivity index (χ2v) is 6.34. The fourth-order valence-electron chi connectivity index (χ4n) is 2.87. The zero-order chi connectivity index (χ0) is 19.1. The molecule has 1 aromatic carbocycles. The van der Waals surface area contributed by atoms with Crippen LogP contribution in [-0.2, 0) is 6.42 Å². The minimum Gasteiger partial charge on any atom is -0.494 e. The standard InChI is InChI=1S/C19H27N3O3S/c1-6-13(7-2)12-14-8-9-15(23-3)17(18(14)25-5)20-19(26)22-11-10-16(21-22)24-4/h8-11,13H,6-7,12H2,1-5H3,(H,20,26). The summed E-state index contributed by atoms with van der Waals surface area (Å²) < 4.78 is 17.9. The van der Waals surface area contributed by atoms with Gasteiger partial charge in [0.2, 0.25) is 5.88 Å². The highest BCUT2D eigenvalue weighted by molar-refractivity contribution is 7.80. The lowest BCUT2D eigenvalue weighted by atomic mass is 9.93. The number of nitrogens with one attached hydrogen (secondary N) is 1. The highest BCUT2D eigenvalue weighted by atomic mass is 32.1. The highest BCUT2D eigenvalue weighted by Gasteiger charge is 2.19. The summed E-state index contributed by atoms with van der Waals surface area (Å²) in [5, 5.41) is 7.86. The first-order valence-corrected chi connectivity index (χ1v) is 9.13. The van der Waals surface area contributed by atoms with Gasteiger partial charge >= 0.3 is 0 Å². The van der Waals surface area contributed by atoms with E-state index in [1.807, 2.05) is 6.07 Å². The van der Waals surface area contributed by atoms with Gasteiger partial charge in [-0.25, -0.2) is 4.68 Å². The van der Waals surface area contributed by atoms with Crippen LogP contribution in [0.4, 0.5) is 5.69 Å². The quantitative estimate of drug-likeness (QED) is 0.698. The Bertz CT molecular complexity index is 742. The number of nitrogens with zero attached hydrogens (tertiary/aromatic N) is 2. The normalized spacial score (nSPS) is 10.7. The first-order chi connectivity index (χ1) is 12.6. The smallest absolute Gasteiger partial charge is 0.232 e. The van der Waals surface area contributed by atoms with Crippen LogP contribution in [0.15, 0.2) is 24.4 Å². The third kappa shape index (κ3) is 4.46. The van der Waals surface area contributed by atoms with E-state index in [4.69, 9.17) is 26.4 Å². The van der Waals surface area contributed by atoms with Crippen LogP contribution in [-0.4, -0.2) is 36.2 Å². The summed E-state index contributed by atoms with van der Waals surface area (Å²) in [5.74, 6) is 2.51. The van der Waals surface area contributed by atoms with Crippen molar-refractivity contribution >= 4 is 23.0 Å². The van der Waals surface area contributed by atoms with Crippen LogP contribution < -0.4 is 19.5 Å². The summed E-state index contributed by atoms with van der Waals surface area (Å²) in [6.45, 7) is 4.42. The molecule has 0 saturated heterocycles. The molecular weight excluding hydrogens is 350 g/mol. The van der Waals surface area contributed by atoms with Gasteiger partial charge in [-0.2, -0.15) is 0 Å². The molecule has 0 spiro atoms. The summed E-state index contributed by atoms with van der Waals surface area (Å²) in [6, 6.07) is 5.74. The molecule has 0 aliphatic rings. The molecule has 0 aliphatic carbocycles. The van der Waals surface area contributed by atoms with Crippen LogP contribution >= 0.6 is 12.2 Å². The molecule has 0 amide bonds. The molecule has 6 nitrogen and oxygen atoms in total. The number of benzene rings is 1. The summed E-state index contributed by atoms with van der Waals surface area (Å²) >= 11 is 5.48. The van der Waals surface area contributed by atoms with Gasteiger partial charge in [0.25, 0.3) is 0 Å². The topological polar surface area (TPSA) is 57.5 Å². The average Bonchev–Trinajstić information content (AvgIpc) is 3.15. The lowest BCUT2D eigenvalue weighted by Gasteiger charge is -2.20. The third-order valence-corrected chi connectivity index (χ3v) is 4.79. The average molecular weight is 378 g/mol. The number of thiocarbonyl (C=S) groups is 1. The number of methoxy groups -OCH3 is 3. The van der Waals surface area contributed by atoms with Crippen LogP contribution in [0.5, 0.6) is 17.4 Å². The molecule has 142 valence electrons. The van der Waals surface area contributed by atoms with E-state index in [1.54, 1.807) is 38.3 Å². The van der Waals surface area contributed by atoms with Crippen molar-refractivity contribution in [2.75, 3.05) is 26.6 Å². The summed E-state index contributed by atoms with van der Waals surface area (Å²) in [6.07, 6.45) is 4.93. The van der Waals surface area contributed by atoms with Gasteiger partial charge in [0.05, 0.1) is 21.3 Å². The van der Waals surface area contributed by atoms with Crippen molar-refractivity contribution in [3.63, 3.8) is 0 Å². The predicted octanol–water partition coefficient (Wildman–Crippen LogP) is 4.13. The number of aromatic nitrogens is 2. The molecule has 26 heavy (non-hydrogen) atoms. The number of hydrogen-bond acceptors (Lipinski definition) is 5. The zero-order valence-corrected chi connectivity index (χ0v) is 16.9. The second kappa shape index (κ2) is 9.43. The molecule has 0 atom stereocenters. The first kappa shape index (κ1) is 20.0. The molecule has 7 heteroatoms. The van der Waals surface area contributed by atoms with Crippen molar-refractivity contribution in [3.05, 3.63) is 30.0 Å². The van der Waals surface area contributed by atoms with E-state index < -0.39 is 0 Å². The molecule has 2 aromatic rings.